The summed E-state index contributed by atoms with van der Waals surface area (Å²) in [6.07, 6.45) is 2.07. The average molecular weight is 267 g/mol. The number of carbonyl (C=O) groups is 1. The predicted octanol–water partition coefficient (Wildman–Crippen LogP) is 1.99. The third-order valence-corrected chi connectivity index (χ3v) is 4.45. The molecule has 1 aliphatic carbocycles. The van der Waals surface area contributed by atoms with E-state index in [9.17, 15) is 13.2 Å². The second-order valence-corrected chi connectivity index (χ2v) is 7.07. The maximum Gasteiger partial charge on any atom is 0.227 e. The van der Waals surface area contributed by atoms with Crippen molar-refractivity contribution in [1.29, 1.82) is 0 Å². The molecule has 98 valence electrons. The number of sulfone groups is 1. The first-order chi connectivity index (χ1) is 8.29. The van der Waals surface area contributed by atoms with Gasteiger partial charge in [-0.25, -0.2) is 8.42 Å². The van der Waals surface area contributed by atoms with Crippen molar-refractivity contribution >= 4 is 21.4 Å². The number of carbonyl (C=O) groups excluding carboxylic acids is 1. The first-order valence-electron chi connectivity index (χ1n) is 5.90. The molecule has 0 unspecified atom stereocenters. The molecule has 1 aliphatic rings. The molecule has 0 spiro atoms. The second kappa shape index (κ2) is 4.39. The third-order valence-electron chi connectivity index (χ3n) is 3.34. The monoisotopic (exact) mass is 267 g/mol. The molecular formula is C13H17NO3S. The molecule has 1 aromatic carbocycles. The Morgan fingerprint density at radius 1 is 1.39 bits per heavy atom. The Morgan fingerprint density at radius 2 is 2.00 bits per heavy atom. The summed E-state index contributed by atoms with van der Waals surface area (Å²) in [5.74, 6) is 0.492. The number of hydrogen-bond donors (Lipinski definition) is 1. The molecule has 4 nitrogen and oxygen atoms in total. The smallest absolute Gasteiger partial charge is 0.227 e. The summed E-state index contributed by atoms with van der Waals surface area (Å²) in [7, 11) is -3.24. The number of hydrogen-bond acceptors (Lipinski definition) is 3. The van der Waals surface area contributed by atoms with Crippen LogP contribution in [0, 0.1) is 18.8 Å². The quantitative estimate of drug-likeness (QED) is 0.911. The summed E-state index contributed by atoms with van der Waals surface area (Å²) in [5, 5.41) is 2.81. The highest BCUT2D eigenvalue weighted by Crippen LogP contribution is 2.38. The molecule has 2 atom stereocenters. The van der Waals surface area contributed by atoms with Crippen molar-refractivity contribution in [2.75, 3.05) is 11.6 Å². The van der Waals surface area contributed by atoms with Crippen molar-refractivity contribution in [2.45, 2.75) is 25.2 Å². The van der Waals surface area contributed by atoms with Crippen LogP contribution in [0.5, 0.6) is 0 Å². The first-order valence-corrected chi connectivity index (χ1v) is 7.80. The van der Waals surface area contributed by atoms with E-state index in [1.54, 1.807) is 12.1 Å². The van der Waals surface area contributed by atoms with Gasteiger partial charge >= 0.3 is 0 Å². The van der Waals surface area contributed by atoms with E-state index in [2.05, 4.69) is 5.32 Å². The summed E-state index contributed by atoms with van der Waals surface area (Å²) in [6.45, 7) is 3.88. The standard InChI is InChI=1S/C13H17NO3S/c1-8-4-5-10(18(3,16)17)7-12(8)14-13(15)11-6-9(11)2/h4-5,7,9,11H,6H2,1-3H3,(H,14,15)/t9-,11+/m0/s1. The zero-order valence-corrected chi connectivity index (χ0v) is 11.5. The van der Waals surface area contributed by atoms with Gasteiger partial charge in [-0.3, -0.25) is 4.79 Å². The van der Waals surface area contributed by atoms with Crippen LogP contribution < -0.4 is 5.32 Å². The van der Waals surface area contributed by atoms with Gasteiger partial charge in [-0.1, -0.05) is 13.0 Å². The van der Waals surface area contributed by atoms with E-state index in [1.807, 2.05) is 13.8 Å². The van der Waals surface area contributed by atoms with Crippen LogP contribution in [-0.4, -0.2) is 20.6 Å². The SMILES string of the molecule is Cc1ccc(S(C)(=O)=O)cc1NC(=O)[C@@H]1C[C@@H]1C. The molecule has 1 N–H and O–H groups in total. The summed E-state index contributed by atoms with van der Waals surface area (Å²) < 4.78 is 22.9. The Labute approximate surface area is 107 Å². The van der Waals surface area contributed by atoms with E-state index >= 15 is 0 Å². The molecule has 0 aliphatic heterocycles. The van der Waals surface area contributed by atoms with E-state index in [0.29, 0.717) is 11.6 Å². The van der Waals surface area contributed by atoms with Crippen LogP contribution in [0.25, 0.3) is 0 Å². The van der Waals surface area contributed by atoms with Gasteiger partial charge in [0.1, 0.15) is 0 Å². The summed E-state index contributed by atoms with van der Waals surface area (Å²) in [4.78, 5) is 12.1. The Balaban J connectivity index is 2.24. The van der Waals surface area contributed by atoms with Crippen LogP contribution >= 0.6 is 0 Å². The van der Waals surface area contributed by atoms with Gasteiger partial charge < -0.3 is 5.32 Å². The fourth-order valence-electron chi connectivity index (χ4n) is 1.88. The maximum absolute atomic E-state index is 11.8. The lowest BCUT2D eigenvalue weighted by Crippen LogP contribution is -2.15. The van der Waals surface area contributed by atoms with Crippen molar-refractivity contribution < 1.29 is 13.2 Å². The largest absolute Gasteiger partial charge is 0.326 e. The van der Waals surface area contributed by atoms with E-state index in [0.717, 1.165) is 18.2 Å². The molecule has 1 aromatic rings. The number of nitrogens with one attached hydrogen (secondary N) is 1. The second-order valence-electron chi connectivity index (χ2n) is 5.06. The van der Waals surface area contributed by atoms with Crippen LogP contribution in [0.15, 0.2) is 23.1 Å². The van der Waals surface area contributed by atoms with Crippen molar-refractivity contribution in [3.63, 3.8) is 0 Å². The Morgan fingerprint density at radius 3 is 2.50 bits per heavy atom. The van der Waals surface area contributed by atoms with Gasteiger partial charge in [0.25, 0.3) is 0 Å². The topological polar surface area (TPSA) is 63.2 Å². The van der Waals surface area contributed by atoms with E-state index in [4.69, 9.17) is 0 Å². The average Bonchev–Trinajstić information content (AvgIpc) is 2.97. The van der Waals surface area contributed by atoms with Crippen molar-refractivity contribution in [2.24, 2.45) is 11.8 Å². The van der Waals surface area contributed by atoms with Crippen LogP contribution in [0.2, 0.25) is 0 Å². The third kappa shape index (κ3) is 2.72. The summed E-state index contributed by atoms with van der Waals surface area (Å²) >= 11 is 0. The lowest BCUT2D eigenvalue weighted by molar-refractivity contribution is -0.117. The minimum atomic E-state index is -3.24. The lowest BCUT2D eigenvalue weighted by Gasteiger charge is -2.09. The van der Waals surface area contributed by atoms with Crippen LogP contribution in [-0.2, 0) is 14.6 Å². The van der Waals surface area contributed by atoms with Gasteiger partial charge in [-0.05, 0) is 37.0 Å². The van der Waals surface area contributed by atoms with Crippen molar-refractivity contribution in [1.82, 2.24) is 0 Å². The predicted molar refractivity (Wildman–Crippen MR) is 70.2 cm³/mol. The normalized spacial score (nSPS) is 22.6. The molecule has 18 heavy (non-hydrogen) atoms. The zero-order chi connectivity index (χ0) is 13.5. The van der Waals surface area contributed by atoms with Gasteiger partial charge in [0.05, 0.1) is 4.90 Å². The summed E-state index contributed by atoms with van der Waals surface area (Å²) in [6, 6.07) is 4.79. The number of benzene rings is 1. The van der Waals surface area contributed by atoms with Gasteiger partial charge in [0.15, 0.2) is 9.84 Å². The molecule has 2 rings (SSSR count). The zero-order valence-electron chi connectivity index (χ0n) is 10.7. The number of amides is 1. The van der Waals surface area contributed by atoms with E-state index < -0.39 is 9.84 Å². The van der Waals surface area contributed by atoms with Crippen LogP contribution in [0.3, 0.4) is 0 Å². The Bertz CT molecular complexity index is 592. The molecule has 0 heterocycles. The number of anilines is 1. The highest BCUT2D eigenvalue weighted by Gasteiger charge is 2.39. The van der Waals surface area contributed by atoms with Gasteiger partial charge in [0, 0.05) is 17.9 Å². The molecule has 0 aromatic heterocycles. The molecule has 1 amide bonds. The lowest BCUT2D eigenvalue weighted by atomic mass is 10.2. The van der Waals surface area contributed by atoms with Crippen molar-refractivity contribution in [3.05, 3.63) is 23.8 Å². The van der Waals surface area contributed by atoms with Crippen molar-refractivity contribution in [3.8, 4) is 0 Å². The first kappa shape index (κ1) is 13.1. The fourth-order valence-corrected chi connectivity index (χ4v) is 2.53. The minimum absolute atomic E-state index is 0.0174. The van der Waals surface area contributed by atoms with Crippen LogP contribution in [0.4, 0.5) is 5.69 Å². The van der Waals surface area contributed by atoms with Gasteiger partial charge in [-0.2, -0.15) is 0 Å². The molecule has 1 fully saturated rings. The van der Waals surface area contributed by atoms with E-state index in [1.165, 1.54) is 6.07 Å². The fraction of sp³-hybridized carbons (Fsp3) is 0.462. The molecule has 1 saturated carbocycles. The Kier molecular flexibility index (Phi) is 3.19. The maximum atomic E-state index is 11.8. The Hall–Kier alpha value is -1.36. The van der Waals surface area contributed by atoms with Gasteiger partial charge in [0.2, 0.25) is 5.91 Å². The highest BCUT2D eigenvalue weighted by atomic mass is 32.2. The van der Waals surface area contributed by atoms with Gasteiger partial charge in [-0.15, -0.1) is 0 Å². The molecule has 0 saturated heterocycles. The van der Waals surface area contributed by atoms with Crippen LogP contribution in [0.1, 0.15) is 18.9 Å². The molecular weight excluding hydrogens is 250 g/mol. The molecule has 0 radical (unpaired) electrons. The molecule has 0 bridgehead atoms. The van der Waals surface area contributed by atoms with E-state index in [-0.39, 0.29) is 16.7 Å². The number of rotatable bonds is 3. The summed E-state index contributed by atoms with van der Waals surface area (Å²) in [5.41, 5.74) is 1.45. The highest BCUT2D eigenvalue weighted by molar-refractivity contribution is 7.90. The minimum Gasteiger partial charge on any atom is -0.326 e. The number of aryl methyl sites for hydroxylation is 1. The molecule has 5 heteroatoms.